The Balaban J connectivity index is 1.43. The van der Waals surface area contributed by atoms with Crippen LogP contribution in [0, 0.1) is 46.3 Å². The van der Waals surface area contributed by atoms with Gasteiger partial charge in [-0.3, -0.25) is 4.79 Å². The molecule has 0 heterocycles. The van der Waals surface area contributed by atoms with E-state index >= 15 is 0 Å². The van der Waals surface area contributed by atoms with Crippen molar-refractivity contribution in [2.75, 3.05) is 5.88 Å². The summed E-state index contributed by atoms with van der Waals surface area (Å²) in [7, 11) is 0. The van der Waals surface area contributed by atoms with Crippen molar-refractivity contribution < 1.29 is 9.53 Å². The molecular weight excluding hydrogens is 428 g/mol. The van der Waals surface area contributed by atoms with Gasteiger partial charge in [-0.15, -0.1) is 11.6 Å². The van der Waals surface area contributed by atoms with E-state index in [1.165, 1.54) is 57.8 Å². The third-order valence-electron chi connectivity index (χ3n) is 10.9. The third-order valence-corrected chi connectivity index (χ3v) is 11.0. The first kappa shape index (κ1) is 25.6. The van der Waals surface area contributed by atoms with Gasteiger partial charge in [-0.2, -0.15) is 0 Å². The fourth-order valence-electron chi connectivity index (χ4n) is 9.07. The van der Waals surface area contributed by atoms with Crippen LogP contribution in [-0.4, -0.2) is 18.0 Å². The standard InChI is InChI=1S/C30H49ClO2/c1-20(2)7-6-8-21(3)25-11-12-26-24-10-9-22-19-23(33-28(32)15-18-31)13-16-29(22,4)27(24)14-17-30(25,26)5/h9,20-21,23-27H,6-8,10-19H2,1-5H3/t21-,23+,24-,25+,26-,27-,29+,30+/m1/s1. The van der Waals surface area contributed by atoms with Crippen molar-refractivity contribution in [3.63, 3.8) is 0 Å². The van der Waals surface area contributed by atoms with Crippen molar-refractivity contribution in [2.45, 2.75) is 118 Å². The average Bonchev–Trinajstić information content (AvgIpc) is 3.11. The van der Waals surface area contributed by atoms with Crippen molar-refractivity contribution in [2.24, 2.45) is 46.3 Å². The molecular formula is C30H49ClO2. The van der Waals surface area contributed by atoms with Gasteiger partial charge in [0.1, 0.15) is 6.10 Å². The number of hydrogen-bond donors (Lipinski definition) is 0. The number of esters is 1. The van der Waals surface area contributed by atoms with Gasteiger partial charge in [0, 0.05) is 12.3 Å². The quantitative estimate of drug-likeness (QED) is 0.199. The number of halogens is 1. The summed E-state index contributed by atoms with van der Waals surface area (Å²) in [6.45, 7) is 12.5. The second kappa shape index (κ2) is 10.2. The molecule has 0 spiro atoms. The minimum Gasteiger partial charge on any atom is -0.462 e. The van der Waals surface area contributed by atoms with E-state index in [1.54, 1.807) is 5.57 Å². The first-order valence-electron chi connectivity index (χ1n) is 14.1. The number of carbonyl (C=O) groups excluding carboxylic acids is 1. The number of allylic oxidation sites excluding steroid dienone is 1. The third kappa shape index (κ3) is 4.94. The predicted molar refractivity (Wildman–Crippen MR) is 138 cm³/mol. The molecule has 33 heavy (non-hydrogen) atoms. The van der Waals surface area contributed by atoms with Crippen LogP contribution in [0.3, 0.4) is 0 Å². The highest BCUT2D eigenvalue weighted by atomic mass is 35.5. The summed E-state index contributed by atoms with van der Waals surface area (Å²) in [5.74, 6) is 5.45. The summed E-state index contributed by atoms with van der Waals surface area (Å²) in [4.78, 5) is 12.0. The highest BCUT2D eigenvalue weighted by Gasteiger charge is 2.59. The Morgan fingerprint density at radius 1 is 1.09 bits per heavy atom. The minimum absolute atomic E-state index is 0.0630. The molecule has 0 saturated heterocycles. The summed E-state index contributed by atoms with van der Waals surface area (Å²) >= 11 is 5.73. The SMILES string of the molecule is CC(C)CCC[C@@H](C)[C@@H]1CC[C@@H]2[C@H]3CC=C4C[C@@H](OC(=O)CCCl)CC[C@]4(C)[C@@H]3CC[C@]21C. The molecule has 4 aliphatic carbocycles. The van der Waals surface area contributed by atoms with Crippen molar-refractivity contribution in [3.05, 3.63) is 11.6 Å². The van der Waals surface area contributed by atoms with Crippen LogP contribution >= 0.6 is 11.6 Å². The van der Waals surface area contributed by atoms with Gasteiger partial charge in [0.05, 0.1) is 6.42 Å². The maximum atomic E-state index is 12.0. The monoisotopic (exact) mass is 476 g/mol. The molecule has 0 bridgehead atoms. The second-order valence-electron chi connectivity index (χ2n) is 13.1. The second-order valence-corrected chi connectivity index (χ2v) is 13.5. The molecule has 3 saturated carbocycles. The Hall–Kier alpha value is -0.500. The first-order chi connectivity index (χ1) is 15.7. The van der Waals surface area contributed by atoms with Gasteiger partial charge in [0.15, 0.2) is 0 Å². The smallest absolute Gasteiger partial charge is 0.307 e. The predicted octanol–water partition coefficient (Wildman–Crippen LogP) is 8.57. The van der Waals surface area contributed by atoms with Gasteiger partial charge in [0.2, 0.25) is 0 Å². The molecule has 4 aliphatic rings. The van der Waals surface area contributed by atoms with Crippen LogP contribution in [0.15, 0.2) is 11.6 Å². The molecule has 0 radical (unpaired) electrons. The number of rotatable bonds is 8. The van der Waals surface area contributed by atoms with Crippen molar-refractivity contribution in [3.8, 4) is 0 Å². The highest BCUT2D eigenvalue weighted by molar-refractivity contribution is 6.18. The van der Waals surface area contributed by atoms with E-state index < -0.39 is 0 Å². The Morgan fingerprint density at radius 3 is 2.61 bits per heavy atom. The lowest BCUT2D eigenvalue weighted by Crippen LogP contribution is -2.51. The van der Waals surface area contributed by atoms with Crippen molar-refractivity contribution in [1.82, 2.24) is 0 Å². The lowest BCUT2D eigenvalue weighted by atomic mass is 9.47. The van der Waals surface area contributed by atoms with E-state index in [-0.39, 0.29) is 12.1 Å². The molecule has 0 unspecified atom stereocenters. The van der Waals surface area contributed by atoms with E-state index in [2.05, 4.69) is 40.7 Å². The molecule has 0 aliphatic heterocycles. The molecule has 0 amide bonds. The number of fused-ring (bicyclic) bond motifs is 5. The molecule has 3 fully saturated rings. The van der Waals surface area contributed by atoms with Crippen molar-refractivity contribution in [1.29, 1.82) is 0 Å². The van der Waals surface area contributed by atoms with Gasteiger partial charge >= 0.3 is 5.97 Å². The zero-order chi connectivity index (χ0) is 23.8. The van der Waals surface area contributed by atoms with Crippen LogP contribution < -0.4 is 0 Å². The van der Waals surface area contributed by atoms with E-state index in [1.807, 2.05) is 0 Å². The Morgan fingerprint density at radius 2 is 1.88 bits per heavy atom. The van der Waals surface area contributed by atoms with E-state index in [4.69, 9.17) is 16.3 Å². The lowest BCUT2D eigenvalue weighted by Gasteiger charge is -2.58. The van der Waals surface area contributed by atoms with Crippen LogP contribution in [0.4, 0.5) is 0 Å². The van der Waals surface area contributed by atoms with Gasteiger partial charge in [0.25, 0.3) is 0 Å². The molecule has 3 heteroatoms. The van der Waals surface area contributed by atoms with E-state index in [0.29, 0.717) is 23.1 Å². The van der Waals surface area contributed by atoms with Gasteiger partial charge < -0.3 is 4.74 Å². The summed E-state index contributed by atoms with van der Waals surface area (Å²) < 4.78 is 5.77. The minimum atomic E-state index is -0.124. The summed E-state index contributed by atoms with van der Waals surface area (Å²) in [5.41, 5.74) is 2.47. The van der Waals surface area contributed by atoms with Gasteiger partial charge in [-0.1, -0.05) is 65.5 Å². The average molecular weight is 477 g/mol. The van der Waals surface area contributed by atoms with Crippen LogP contribution in [0.5, 0.6) is 0 Å². The van der Waals surface area contributed by atoms with Crippen LogP contribution in [0.1, 0.15) is 112 Å². The number of hydrogen-bond acceptors (Lipinski definition) is 2. The molecule has 4 rings (SSSR count). The van der Waals surface area contributed by atoms with Crippen LogP contribution in [-0.2, 0) is 9.53 Å². The molecule has 0 N–H and O–H groups in total. The van der Waals surface area contributed by atoms with Gasteiger partial charge in [-0.05, 0) is 91.3 Å². The summed E-state index contributed by atoms with van der Waals surface area (Å²) in [5, 5.41) is 0. The molecule has 0 aromatic heterocycles. The van der Waals surface area contributed by atoms with Crippen LogP contribution in [0.25, 0.3) is 0 Å². The van der Waals surface area contributed by atoms with Crippen molar-refractivity contribution >= 4 is 17.6 Å². The topological polar surface area (TPSA) is 26.3 Å². The largest absolute Gasteiger partial charge is 0.462 e. The molecule has 0 aromatic carbocycles. The molecule has 8 atom stereocenters. The molecule has 188 valence electrons. The number of alkyl halides is 1. The number of ether oxygens (including phenoxy) is 1. The Kier molecular flexibility index (Phi) is 7.94. The summed E-state index contributed by atoms with van der Waals surface area (Å²) in [6, 6.07) is 0. The lowest BCUT2D eigenvalue weighted by molar-refractivity contribution is -0.151. The fourth-order valence-corrected chi connectivity index (χ4v) is 9.23. The zero-order valence-electron chi connectivity index (χ0n) is 22.0. The Bertz CT molecular complexity index is 729. The number of carbonyl (C=O) groups is 1. The summed E-state index contributed by atoms with van der Waals surface area (Å²) in [6.07, 6.45) is 17.3. The first-order valence-corrected chi connectivity index (χ1v) is 14.7. The Labute approximate surface area is 208 Å². The molecule has 2 nitrogen and oxygen atoms in total. The highest BCUT2D eigenvalue weighted by Crippen LogP contribution is 2.67. The zero-order valence-corrected chi connectivity index (χ0v) is 22.8. The van der Waals surface area contributed by atoms with E-state index in [0.717, 1.165) is 48.3 Å². The molecule has 0 aromatic rings. The maximum absolute atomic E-state index is 12.0. The fraction of sp³-hybridized carbons (Fsp3) is 0.900. The van der Waals surface area contributed by atoms with Gasteiger partial charge in [-0.25, -0.2) is 0 Å². The maximum Gasteiger partial charge on any atom is 0.307 e. The van der Waals surface area contributed by atoms with Crippen LogP contribution in [0.2, 0.25) is 0 Å². The normalized spacial score (nSPS) is 41.1. The van der Waals surface area contributed by atoms with E-state index in [9.17, 15) is 4.79 Å².